The first-order valence-corrected chi connectivity index (χ1v) is 8.49. The fraction of sp³-hybridized carbons (Fsp3) is 0.556. The minimum Gasteiger partial charge on any atom is -0.394 e. The molecule has 0 aliphatic carbocycles. The first kappa shape index (κ1) is 16.1. The molecule has 1 N–H and O–H groups in total. The van der Waals surface area contributed by atoms with E-state index in [1.165, 1.54) is 24.0 Å². The molecule has 2 aromatic rings. The minimum atomic E-state index is 0.139. The predicted octanol–water partition coefficient (Wildman–Crippen LogP) is 2.03. The smallest absolute Gasteiger partial charge is 0.0641 e. The first-order valence-electron chi connectivity index (χ1n) is 8.49. The molecule has 5 heteroatoms. The zero-order valence-corrected chi connectivity index (χ0v) is 13.9. The van der Waals surface area contributed by atoms with Crippen molar-refractivity contribution in [2.75, 3.05) is 19.7 Å². The Morgan fingerprint density at radius 2 is 2.13 bits per heavy atom. The predicted molar refractivity (Wildman–Crippen MR) is 90.0 cm³/mol. The Bertz CT molecular complexity index is 603. The SMILES string of the molecule is Cc1nn(CCO)cc1CN1CCC(Cc2cccnc2)CC1. The van der Waals surface area contributed by atoms with Crippen molar-refractivity contribution >= 4 is 0 Å². The van der Waals surface area contributed by atoms with Gasteiger partial charge in [-0.25, -0.2) is 0 Å². The van der Waals surface area contributed by atoms with Crippen molar-refractivity contribution in [3.05, 3.63) is 47.5 Å². The zero-order valence-electron chi connectivity index (χ0n) is 13.9. The highest BCUT2D eigenvalue weighted by Crippen LogP contribution is 2.23. The van der Waals surface area contributed by atoms with E-state index in [-0.39, 0.29) is 6.61 Å². The molecule has 0 bridgehead atoms. The van der Waals surface area contributed by atoms with Gasteiger partial charge in [0.15, 0.2) is 0 Å². The van der Waals surface area contributed by atoms with Gasteiger partial charge in [0.2, 0.25) is 0 Å². The molecule has 0 radical (unpaired) electrons. The molecule has 0 aromatic carbocycles. The number of hydrogen-bond donors (Lipinski definition) is 1. The monoisotopic (exact) mass is 314 g/mol. The number of rotatable bonds is 6. The van der Waals surface area contributed by atoms with Crippen molar-refractivity contribution in [3.63, 3.8) is 0 Å². The van der Waals surface area contributed by atoms with E-state index in [0.29, 0.717) is 6.54 Å². The highest BCUT2D eigenvalue weighted by atomic mass is 16.3. The zero-order chi connectivity index (χ0) is 16.1. The Morgan fingerprint density at radius 3 is 2.83 bits per heavy atom. The topological polar surface area (TPSA) is 54.2 Å². The summed E-state index contributed by atoms with van der Waals surface area (Å²) in [4.78, 5) is 6.73. The Labute approximate surface area is 138 Å². The summed E-state index contributed by atoms with van der Waals surface area (Å²) in [6.07, 6.45) is 9.55. The molecular formula is C18H26N4O. The summed E-state index contributed by atoms with van der Waals surface area (Å²) in [6.45, 7) is 6.04. The maximum atomic E-state index is 9.02. The van der Waals surface area contributed by atoms with Crippen LogP contribution >= 0.6 is 0 Å². The highest BCUT2D eigenvalue weighted by molar-refractivity contribution is 5.15. The molecule has 0 unspecified atom stereocenters. The van der Waals surface area contributed by atoms with Gasteiger partial charge in [-0.15, -0.1) is 0 Å². The van der Waals surface area contributed by atoms with Gasteiger partial charge in [-0.05, 0) is 56.8 Å². The van der Waals surface area contributed by atoms with E-state index >= 15 is 0 Å². The van der Waals surface area contributed by atoms with E-state index in [0.717, 1.165) is 37.7 Å². The van der Waals surface area contributed by atoms with Crippen LogP contribution in [0.25, 0.3) is 0 Å². The summed E-state index contributed by atoms with van der Waals surface area (Å²) in [5.41, 5.74) is 3.71. The number of piperidine rings is 1. The van der Waals surface area contributed by atoms with Crippen LogP contribution in [0.2, 0.25) is 0 Å². The lowest BCUT2D eigenvalue weighted by molar-refractivity contribution is 0.176. The van der Waals surface area contributed by atoms with Crippen molar-refractivity contribution in [2.45, 2.75) is 39.3 Å². The van der Waals surface area contributed by atoms with Gasteiger partial charge in [0, 0.05) is 30.7 Å². The number of aliphatic hydroxyl groups excluding tert-OH is 1. The number of likely N-dealkylation sites (tertiary alicyclic amines) is 1. The lowest BCUT2D eigenvalue weighted by Gasteiger charge is -2.31. The van der Waals surface area contributed by atoms with E-state index in [9.17, 15) is 0 Å². The molecule has 3 heterocycles. The van der Waals surface area contributed by atoms with Gasteiger partial charge in [0.25, 0.3) is 0 Å². The molecule has 1 aliphatic heterocycles. The Hall–Kier alpha value is -1.72. The van der Waals surface area contributed by atoms with Crippen molar-refractivity contribution in [2.24, 2.45) is 5.92 Å². The number of nitrogens with zero attached hydrogens (tertiary/aromatic N) is 4. The van der Waals surface area contributed by atoms with E-state index in [1.807, 2.05) is 23.1 Å². The average Bonchev–Trinajstić information content (AvgIpc) is 2.90. The Balaban J connectivity index is 1.49. The number of aryl methyl sites for hydroxylation is 1. The Kier molecular flexibility index (Phi) is 5.41. The highest BCUT2D eigenvalue weighted by Gasteiger charge is 2.20. The van der Waals surface area contributed by atoms with E-state index in [2.05, 4.69) is 34.2 Å². The van der Waals surface area contributed by atoms with Crippen LogP contribution in [0.15, 0.2) is 30.7 Å². The number of aliphatic hydroxyl groups is 1. The van der Waals surface area contributed by atoms with Crippen LogP contribution < -0.4 is 0 Å². The van der Waals surface area contributed by atoms with E-state index in [1.54, 1.807) is 0 Å². The van der Waals surface area contributed by atoms with Crippen LogP contribution in [0.3, 0.4) is 0 Å². The second-order valence-electron chi connectivity index (χ2n) is 6.51. The van der Waals surface area contributed by atoms with Crippen LogP contribution in [0.1, 0.15) is 29.7 Å². The molecule has 2 aromatic heterocycles. The van der Waals surface area contributed by atoms with Crippen molar-refractivity contribution in [1.82, 2.24) is 19.7 Å². The molecule has 0 atom stereocenters. The quantitative estimate of drug-likeness (QED) is 0.886. The van der Waals surface area contributed by atoms with Crippen LogP contribution in [-0.2, 0) is 19.5 Å². The number of aromatic nitrogens is 3. The third-order valence-corrected chi connectivity index (χ3v) is 4.73. The third kappa shape index (κ3) is 4.39. The molecule has 23 heavy (non-hydrogen) atoms. The van der Waals surface area contributed by atoms with E-state index in [4.69, 9.17) is 5.11 Å². The van der Waals surface area contributed by atoms with Gasteiger partial charge >= 0.3 is 0 Å². The number of hydrogen-bond acceptors (Lipinski definition) is 4. The second-order valence-corrected chi connectivity index (χ2v) is 6.51. The average molecular weight is 314 g/mol. The molecule has 0 amide bonds. The van der Waals surface area contributed by atoms with Crippen LogP contribution in [0.4, 0.5) is 0 Å². The van der Waals surface area contributed by atoms with Gasteiger partial charge in [-0.2, -0.15) is 5.10 Å². The summed E-state index contributed by atoms with van der Waals surface area (Å²) in [5.74, 6) is 0.772. The van der Waals surface area contributed by atoms with Crippen LogP contribution in [-0.4, -0.2) is 44.5 Å². The van der Waals surface area contributed by atoms with Gasteiger partial charge in [0.1, 0.15) is 0 Å². The van der Waals surface area contributed by atoms with E-state index < -0.39 is 0 Å². The van der Waals surface area contributed by atoms with Gasteiger partial charge in [-0.3, -0.25) is 14.6 Å². The lowest BCUT2D eigenvalue weighted by atomic mass is 9.90. The lowest BCUT2D eigenvalue weighted by Crippen LogP contribution is -2.34. The summed E-state index contributed by atoms with van der Waals surface area (Å²) >= 11 is 0. The second kappa shape index (κ2) is 7.70. The van der Waals surface area contributed by atoms with Gasteiger partial charge < -0.3 is 5.11 Å². The molecule has 1 saturated heterocycles. The van der Waals surface area contributed by atoms with Gasteiger partial charge in [0.05, 0.1) is 18.8 Å². The maximum absolute atomic E-state index is 9.02. The summed E-state index contributed by atoms with van der Waals surface area (Å²) in [7, 11) is 0. The molecule has 5 nitrogen and oxygen atoms in total. The summed E-state index contributed by atoms with van der Waals surface area (Å²) < 4.78 is 1.85. The molecule has 1 aliphatic rings. The summed E-state index contributed by atoms with van der Waals surface area (Å²) in [6, 6.07) is 4.20. The van der Waals surface area contributed by atoms with Crippen molar-refractivity contribution in [1.29, 1.82) is 0 Å². The van der Waals surface area contributed by atoms with Gasteiger partial charge in [-0.1, -0.05) is 6.07 Å². The first-order chi connectivity index (χ1) is 11.2. The standard InChI is InChI=1S/C18H26N4O/c1-15-18(14-22(20-15)9-10-23)13-21-7-4-16(5-8-21)11-17-3-2-6-19-12-17/h2-3,6,12,14,16,23H,4-5,7-11,13H2,1H3. The number of pyridine rings is 1. The normalized spacial score (nSPS) is 16.8. The molecule has 1 fully saturated rings. The largest absolute Gasteiger partial charge is 0.394 e. The maximum Gasteiger partial charge on any atom is 0.0641 e. The Morgan fingerprint density at radius 1 is 1.30 bits per heavy atom. The molecule has 0 spiro atoms. The summed E-state index contributed by atoms with van der Waals surface area (Å²) in [5, 5.41) is 13.5. The van der Waals surface area contributed by atoms with Crippen molar-refractivity contribution < 1.29 is 5.11 Å². The fourth-order valence-corrected chi connectivity index (χ4v) is 3.37. The molecule has 0 saturated carbocycles. The fourth-order valence-electron chi connectivity index (χ4n) is 3.37. The van der Waals surface area contributed by atoms with Crippen molar-refractivity contribution in [3.8, 4) is 0 Å². The third-order valence-electron chi connectivity index (χ3n) is 4.73. The molecular weight excluding hydrogens is 288 g/mol. The molecule has 3 rings (SSSR count). The minimum absolute atomic E-state index is 0.139. The van der Waals surface area contributed by atoms with Crippen LogP contribution in [0, 0.1) is 12.8 Å². The molecule has 124 valence electrons. The van der Waals surface area contributed by atoms with Crippen LogP contribution in [0.5, 0.6) is 0 Å².